The Bertz CT molecular complexity index is 466. The van der Waals surface area contributed by atoms with Crippen LogP contribution in [-0.2, 0) is 21.8 Å². The van der Waals surface area contributed by atoms with Crippen LogP contribution in [-0.4, -0.2) is 20.2 Å². The van der Waals surface area contributed by atoms with E-state index in [0.717, 1.165) is 5.56 Å². The summed E-state index contributed by atoms with van der Waals surface area (Å²) in [5.74, 6) is 0.305. The van der Waals surface area contributed by atoms with Crippen LogP contribution >= 0.6 is 11.6 Å². The summed E-state index contributed by atoms with van der Waals surface area (Å²) < 4.78 is 9.80. The van der Waals surface area contributed by atoms with Crippen LogP contribution in [0.1, 0.15) is 16.7 Å². The van der Waals surface area contributed by atoms with Crippen LogP contribution in [0.5, 0.6) is 5.75 Å². The summed E-state index contributed by atoms with van der Waals surface area (Å²) in [4.78, 5) is 11.3. The monoisotopic (exact) mass is 253 g/mol. The molecule has 5 heteroatoms. The average Bonchev–Trinajstić information content (AvgIpc) is 2.37. The molecule has 0 radical (unpaired) electrons. The summed E-state index contributed by atoms with van der Waals surface area (Å²) in [6, 6.07) is 5.36. The zero-order valence-corrected chi connectivity index (χ0v) is 10.4. The van der Waals surface area contributed by atoms with Crippen molar-refractivity contribution in [1.29, 1.82) is 5.26 Å². The number of carbonyl (C=O) groups excluding carboxylic acids is 1. The molecule has 1 rings (SSSR count). The van der Waals surface area contributed by atoms with Crippen LogP contribution in [0.15, 0.2) is 12.1 Å². The van der Waals surface area contributed by atoms with Crippen molar-refractivity contribution in [3.05, 3.63) is 28.8 Å². The van der Waals surface area contributed by atoms with Crippen LogP contribution in [0.3, 0.4) is 0 Å². The van der Waals surface area contributed by atoms with Crippen molar-refractivity contribution in [1.82, 2.24) is 0 Å². The van der Waals surface area contributed by atoms with E-state index in [0.29, 0.717) is 16.9 Å². The van der Waals surface area contributed by atoms with Gasteiger partial charge in [-0.1, -0.05) is 6.07 Å². The second kappa shape index (κ2) is 6.12. The highest BCUT2D eigenvalue weighted by atomic mass is 35.5. The van der Waals surface area contributed by atoms with Gasteiger partial charge in [0.2, 0.25) is 0 Å². The lowest BCUT2D eigenvalue weighted by Gasteiger charge is -2.12. The number of rotatable bonds is 4. The minimum absolute atomic E-state index is 0.00665. The minimum atomic E-state index is -0.425. The third-order valence-corrected chi connectivity index (χ3v) is 2.65. The fraction of sp³-hybridized carbons (Fsp3) is 0.333. The Morgan fingerprint density at radius 1 is 1.47 bits per heavy atom. The van der Waals surface area contributed by atoms with Crippen molar-refractivity contribution in [2.24, 2.45) is 0 Å². The first-order valence-corrected chi connectivity index (χ1v) is 5.43. The topological polar surface area (TPSA) is 59.3 Å². The smallest absolute Gasteiger partial charge is 0.310 e. The molecule has 0 N–H and O–H groups in total. The fourth-order valence-electron chi connectivity index (χ4n) is 1.53. The van der Waals surface area contributed by atoms with Crippen molar-refractivity contribution in [2.75, 3.05) is 14.2 Å². The van der Waals surface area contributed by atoms with Gasteiger partial charge in [0.05, 0.1) is 38.2 Å². The molecule has 4 nitrogen and oxygen atoms in total. The Morgan fingerprint density at radius 3 is 2.65 bits per heavy atom. The van der Waals surface area contributed by atoms with E-state index in [1.165, 1.54) is 14.2 Å². The third kappa shape index (κ3) is 2.89. The lowest BCUT2D eigenvalue weighted by molar-refractivity contribution is -0.139. The molecule has 17 heavy (non-hydrogen) atoms. The second-order valence-electron chi connectivity index (χ2n) is 3.28. The molecule has 0 fully saturated rings. The lowest BCUT2D eigenvalue weighted by atomic mass is 10.0. The molecule has 1 aromatic rings. The molecular formula is C12H12ClNO3. The number of benzene rings is 1. The predicted molar refractivity (Wildman–Crippen MR) is 63.0 cm³/mol. The molecule has 0 aliphatic rings. The molecule has 0 saturated carbocycles. The number of ether oxygens (including phenoxy) is 2. The van der Waals surface area contributed by atoms with E-state index in [1.807, 2.05) is 6.07 Å². The van der Waals surface area contributed by atoms with Gasteiger partial charge in [0.1, 0.15) is 5.75 Å². The van der Waals surface area contributed by atoms with Crippen LogP contribution in [0.4, 0.5) is 0 Å². The molecule has 0 heterocycles. The number of alkyl halides is 1. The summed E-state index contributed by atoms with van der Waals surface area (Å²) in [5, 5.41) is 9.00. The zero-order chi connectivity index (χ0) is 12.8. The Labute approximate surface area is 105 Å². The molecule has 90 valence electrons. The largest absolute Gasteiger partial charge is 0.496 e. The van der Waals surface area contributed by atoms with Gasteiger partial charge in [-0.25, -0.2) is 0 Å². The highest BCUT2D eigenvalue weighted by molar-refractivity contribution is 6.17. The van der Waals surface area contributed by atoms with E-state index < -0.39 is 5.97 Å². The van der Waals surface area contributed by atoms with Crippen molar-refractivity contribution >= 4 is 17.6 Å². The van der Waals surface area contributed by atoms with Crippen LogP contribution in [0.25, 0.3) is 0 Å². The number of nitriles is 1. The molecule has 0 unspecified atom stereocenters. The molecule has 0 aromatic heterocycles. The third-order valence-electron chi connectivity index (χ3n) is 2.36. The van der Waals surface area contributed by atoms with Crippen LogP contribution < -0.4 is 4.74 Å². The van der Waals surface area contributed by atoms with E-state index >= 15 is 0 Å². The number of hydrogen-bond donors (Lipinski definition) is 0. The second-order valence-corrected chi connectivity index (χ2v) is 3.55. The molecular weight excluding hydrogens is 242 g/mol. The van der Waals surface area contributed by atoms with Gasteiger partial charge in [-0.3, -0.25) is 4.79 Å². The number of carbonyl (C=O) groups is 1. The standard InChI is InChI=1S/C12H12ClNO3/c1-16-11(15)5-10-9(7-14)4-3-8(6-13)12(10)17-2/h3-4H,5-6H2,1-2H3. The van der Waals surface area contributed by atoms with Gasteiger partial charge in [0, 0.05) is 11.1 Å². The van der Waals surface area contributed by atoms with Gasteiger partial charge in [-0.2, -0.15) is 5.26 Å². The molecule has 0 saturated heterocycles. The zero-order valence-electron chi connectivity index (χ0n) is 9.62. The lowest BCUT2D eigenvalue weighted by Crippen LogP contribution is -2.09. The molecule has 0 amide bonds. The van der Waals surface area contributed by atoms with Gasteiger partial charge in [0.15, 0.2) is 0 Å². The molecule has 0 spiro atoms. The first-order valence-electron chi connectivity index (χ1n) is 4.89. The molecule has 0 atom stereocenters. The maximum Gasteiger partial charge on any atom is 0.310 e. The Kier molecular flexibility index (Phi) is 4.80. The maximum atomic E-state index is 11.3. The number of esters is 1. The maximum absolute atomic E-state index is 11.3. The van der Waals surface area contributed by atoms with E-state index in [1.54, 1.807) is 12.1 Å². The van der Waals surface area contributed by atoms with Crippen LogP contribution in [0.2, 0.25) is 0 Å². The SMILES string of the molecule is COC(=O)Cc1c(C#N)ccc(CCl)c1OC. The average molecular weight is 254 g/mol. The van der Waals surface area contributed by atoms with Crippen molar-refractivity contribution in [3.8, 4) is 11.8 Å². The van der Waals surface area contributed by atoms with Gasteiger partial charge in [-0.05, 0) is 6.07 Å². The Balaban J connectivity index is 3.31. The van der Waals surface area contributed by atoms with Gasteiger partial charge < -0.3 is 9.47 Å². The van der Waals surface area contributed by atoms with E-state index in [4.69, 9.17) is 21.6 Å². The number of nitrogens with zero attached hydrogens (tertiary/aromatic N) is 1. The molecule has 0 bridgehead atoms. The van der Waals surface area contributed by atoms with E-state index in [-0.39, 0.29) is 12.3 Å². The summed E-state index contributed by atoms with van der Waals surface area (Å²) in [6.07, 6.45) is -0.00665. The van der Waals surface area contributed by atoms with E-state index in [2.05, 4.69) is 4.74 Å². The quantitative estimate of drug-likeness (QED) is 0.608. The van der Waals surface area contributed by atoms with Crippen LogP contribution in [0, 0.1) is 11.3 Å². The molecule has 1 aromatic carbocycles. The number of hydrogen-bond acceptors (Lipinski definition) is 4. The van der Waals surface area contributed by atoms with Crippen molar-refractivity contribution in [2.45, 2.75) is 12.3 Å². The summed E-state index contributed by atoms with van der Waals surface area (Å²) in [6.45, 7) is 0. The molecule has 0 aliphatic heterocycles. The summed E-state index contributed by atoms with van der Waals surface area (Å²) in [7, 11) is 2.78. The van der Waals surface area contributed by atoms with Gasteiger partial charge >= 0.3 is 5.97 Å². The normalized spacial score (nSPS) is 9.53. The summed E-state index contributed by atoms with van der Waals surface area (Å²) in [5.41, 5.74) is 1.65. The Hall–Kier alpha value is -1.73. The minimum Gasteiger partial charge on any atom is -0.496 e. The van der Waals surface area contributed by atoms with Gasteiger partial charge in [-0.15, -0.1) is 11.6 Å². The van der Waals surface area contributed by atoms with Gasteiger partial charge in [0.25, 0.3) is 0 Å². The highest BCUT2D eigenvalue weighted by Crippen LogP contribution is 2.29. The first-order chi connectivity index (χ1) is 8.17. The highest BCUT2D eigenvalue weighted by Gasteiger charge is 2.17. The number of halogens is 1. The number of methoxy groups -OCH3 is 2. The van der Waals surface area contributed by atoms with Crippen molar-refractivity contribution < 1.29 is 14.3 Å². The fourth-order valence-corrected chi connectivity index (χ4v) is 1.74. The first kappa shape index (κ1) is 13.3. The molecule has 0 aliphatic carbocycles. The van der Waals surface area contributed by atoms with Crippen molar-refractivity contribution in [3.63, 3.8) is 0 Å². The Morgan fingerprint density at radius 2 is 2.18 bits per heavy atom. The predicted octanol–water partition coefficient (Wildman–Crippen LogP) is 2.02. The summed E-state index contributed by atoms with van der Waals surface area (Å²) >= 11 is 5.77. The van der Waals surface area contributed by atoms with E-state index in [9.17, 15) is 4.79 Å².